The average molecular weight is 280 g/mol. The molecule has 0 radical (unpaired) electrons. The number of piperidine rings is 1. The summed E-state index contributed by atoms with van der Waals surface area (Å²) in [6.45, 7) is 1.92. The summed E-state index contributed by atoms with van der Waals surface area (Å²) in [4.78, 5) is 24.6. The summed E-state index contributed by atoms with van der Waals surface area (Å²) in [5, 5.41) is 16.1. The minimum Gasteiger partial charge on any atom is -0.481 e. The summed E-state index contributed by atoms with van der Waals surface area (Å²) >= 11 is 0. The zero-order chi connectivity index (χ0) is 14.5. The molecule has 110 valence electrons. The minimum absolute atomic E-state index is 0.0241. The van der Waals surface area contributed by atoms with Gasteiger partial charge in [0.1, 0.15) is 0 Å². The number of carboxylic acids is 1. The van der Waals surface area contributed by atoms with Crippen LogP contribution in [0.15, 0.2) is 12.3 Å². The number of carbonyl (C=O) groups excluding carboxylic acids is 1. The van der Waals surface area contributed by atoms with E-state index in [1.165, 1.54) is 0 Å². The number of nitrogens with one attached hydrogen (secondary N) is 1. The van der Waals surface area contributed by atoms with Crippen LogP contribution in [0.25, 0.3) is 0 Å². The zero-order valence-electron chi connectivity index (χ0n) is 11.6. The molecule has 7 nitrogen and oxygen atoms in total. The lowest BCUT2D eigenvalue weighted by atomic mass is 9.97. The summed E-state index contributed by atoms with van der Waals surface area (Å²) in [6.07, 6.45) is 2.81. The van der Waals surface area contributed by atoms with E-state index in [4.69, 9.17) is 5.11 Å². The van der Waals surface area contributed by atoms with Gasteiger partial charge in [0.2, 0.25) is 5.91 Å². The van der Waals surface area contributed by atoms with E-state index < -0.39 is 5.97 Å². The number of amides is 1. The quantitative estimate of drug-likeness (QED) is 0.782. The number of nitrogens with zero attached hydrogens (tertiary/aromatic N) is 3. The molecule has 1 saturated heterocycles. The van der Waals surface area contributed by atoms with Crippen molar-refractivity contribution in [2.24, 2.45) is 13.0 Å². The Labute approximate surface area is 117 Å². The van der Waals surface area contributed by atoms with E-state index in [1.807, 2.05) is 13.1 Å². The van der Waals surface area contributed by atoms with Gasteiger partial charge in [0.05, 0.1) is 18.2 Å². The van der Waals surface area contributed by atoms with E-state index in [0.717, 1.165) is 5.69 Å². The highest BCUT2D eigenvalue weighted by molar-refractivity contribution is 5.78. The van der Waals surface area contributed by atoms with Crippen LogP contribution in [0.1, 0.15) is 18.5 Å². The molecule has 0 unspecified atom stereocenters. The number of hydrogen-bond donors (Lipinski definition) is 2. The number of aryl methyl sites for hydroxylation is 1. The maximum absolute atomic E-state index is 12.0. The Hall–Kier alpha value is -1.89. The first-order chi connectivity index (χ1) is 9.58. The maximum Gasteiger partial charge on any atom is 0.306 e. The molecule has 20 heavy (non-hydrogen) atoms. The van der Waals surface area contributed by atoms with Gasteiger partial charge in [0.25, 0.3) is 0 Å². The van der Waals surface area contributed by atoms with Crippen molar-refractivity contribution in [1.29, 1.82) is 0 Å². The Morgan fingerprint density at radius 3 is 2.70 bits per heavy atom. The molecule has 1 aliphatic rings. The van der Waals surface area contributed by atoms with Crippen LogP contribution in [0.3, 0.4) is 0 Å². The molecule has 0 bridgehead atoms. The number of hydrogen-bond acceptors (Lipinski definition) is 4. The Balaban J connectivity index is 1.71. The van der Waals surface area contributed by atoms with Crippen molar-refractivity contribution in [3.63, 3.8) is 0 Å². The fourth-order valence-corrected chi connectivity index (χ4v) is 2.36. The molecule has 1 aromatic rings. The fraction of sp³-hybridized carbons (Fsp3) is 0.615. The van der Waals surface area contributed by atoms with Crippen LogP contribution in [-0.4, -0.2) is 51.3 Å². The summed E-state index contributed by atoms with van der Waals surface area (Å²) in [7, 11) is 1.86. The largest absolute Gasteiger partial charge is 0.481 e. The van der Waals surface area contributed by atoms with Gasteiger partial charge < -0.3 is 15.3 Å². The average Bonchev–Trinajstić information content (AvgIpc) is 2.84. The van der Waals surface area contributed by atoms with E-state index in [-0.39, 0.29) is 18.4 Å². The van der Waals surface area contributed by atoms with Gasteiger partial charge in [0, 0.05) is 32.9 Å². The van der Waals surface area contributed by atoms with E-state index in [9.17, 15) is 9.59 Å². The second kappa shape index (κ2) is 6.51. The van der Waals surface area contributed by atoms with Crippen LogP contribution in [0, 0.1) is 5.92 Å². The molecule has 0 aliphatic carbocycles. The molecule has 1 aliphatic heterocycles. The lowest BCUT2D eigenvalue weighted by Gasteiger charge is -2.30. The summed E-state index contributed by atoms with van der Waals surface area (Å²) in [5.41, 5.74) is 1.02. The second-order valence-electron chi connectivity index (χ2n) is 5.04. The highest BCUT2D eigenvalue weighted by Gasteiger charge is 2.26. The number of carboxylic acid groups (broad SMARTS) is 1. The van der Waals surface area contributed by atoms with Crippen molar-refractivity contribution in [1.82, 2.24) is 20.0 Å². The first-order valence-electron chi connectivity index (χ1n) is 6.76. The van der Waals surface area contributed by atoms with Crippen molar-refractivity contribution in [3.8, 4) is 0 Å². The molecule has 1 fully saturated rings. The van der Waals surface area contributed by atoms with Gasteiger partial charge in [0.15, 0.2) is 0 Å². The predicted molar refractivity (Wildman–Crippen MR) is 71.9 cm³/mol. The molecule has 0 aromatic carbocycles. The molecule has 7 heteroatoms. The Morgan fingerprint density at radius 2 is 2.15 bits per heavy atom. The fourth-order valence-electron chi connectivity index (χ4n) is 2.36. The summed E-state index contributed by atoms with van der Waals surface area (Å²) in [5.74, 6) is -1.04. The van der Waals surface area contributed by atoms with Crippen LogP contribution in [0.2, 0.25) is 0 Å². The van der Waals surface area contributed by atoms with Crippen molar-refractivity contribution in [3.05, 3.63) is 18.0 Å². The maximum atomic E-state index is 12.0. The highest BCUT2D eigenvalue weighted by Crippen LogP contribution is 2.17. The van der Waals surface area contributed by atoms with Gasteiger partial charge in [-0.05, 0) is 18.9 Å². The third-order valence-electron chi connectivity index (χ3n) is 3.70. The first-order valence-corrected chi connectivity index (χ1v) is 6.76. The monoisotopic (exact) mass is 280 g/mol. The topological polar surface area (TPSA) is 87.5 Å². The highest BCUT2D eigenvalue weighted by atomic mass is 16.4. The lowest BCUT2D eigenvalue weighted by Crippen LogP contribution is -2.44. The van der Waals surface area contributed by atoms with Gasteiger partial charge >= 0.3 is 5.97 Å². The standard InChI is InChI=1S/C13H20N4O3/c1-16-11(2-5-15-16)8-14-9-12(18)17-6-3-10(4-7-17)13(19)20/h2,5,10,14H,3-4,6-9H2,1H3,(H,19,20). The van der Waals surface area contributed by atoms with Crippen LogP contribution < -0.4 is 5.32 Å². The Morgan fingerprint density at radius 1 is 1.45 bits per heavy atom. The Kier molecular flexibility index (Phi) is 4.73. The molecule has 0 saturated carbocycles. The number of rotatable bonds is 5. The molecule has 2 N–H and O–H groups in total. The van der Waals surface area contributed by atoms with Crippen molar-refractivity contribution >= 4 is 11.9 Å². The molecular formula is C13H20N4O3. The summed E-state index contributed by atoms with van der Waals surface area (Å²) in [6, 6.07) is 1.90. The minimum atomic E-state index is -0.758. The van der Waals surface area contributed by atoms with E-state index in [1.54, 1.807) is 15.8 Å². The smallest absolute Gasteiger partial charge is 0.306 e. The van der Waals surface area contributed by atoms with E-state index in [0.29, 0.717) is 32.5 Å². The molecule has 1 amide bonds. The van der Waals surface area contributed by atoms with Crippen LogP contribution in [0.4, 0.5) is 0 Å². The number of aliphatic carboxylic acids is 1. The van der Waals surface area contributed by atoms with Crippen molar-refractivity contribution < 1.29 is 14.7 Å². The van der Waals surface area contributed by atoms with Crippen LogP contribution in [0.5, 0.6) is 0 Å². The molecular weight excluding hydrogens is 260 g/mol. The van der Waals surface area contributed by atoms with Crippen molar-refractivity contribution in [2.75, 3.05) is 19.6 Å². The van der Waals surface area contributed by atoms with Gasteiger partial charge in [-0.15, -0.1) is 0 Å². The second-order valence-corrected chi connectivity index (χ2v) is 5.04. The van der Waals surface area contributed by atoms with Crippen molar-refractivity contribution in [2.45, 2.75) is 19.4 Å². The number of likely N-dealkylation sites (tertiary alicyclic amines) is 1. The predicted octanol–water partition coefficient (Wildman–Crippen LogP) is -0.167. The third-order valence-corrected chi connectivity index (χ3v) is 3.70. The molecule has 0 spiro atoms. The van der Waals surface area contributed by atoms with Gasteiger partial charge in [-0.1, -0.05) is 0 Å². The number of carbonyl (C=O) groups is 2. The van der Waals surface area contributed by atoms with Crippen LogP contribution in [-0.2, 0) is 23.2 Å². The molecule has 2 heterocycles. The number of aromatic nitrogens is 2. The molecule has 0 atom stereocenters. The Bertz CT molecular complexity index is 478. The van der Waals surface area contributed by atoms with E-state index >= 15 is 0 Å². The van der Waals surface area contributed by atoms with Gasteiger partial charge in [-0.3, -0.25) is 14.3 Å². The summed E-state index contributed by atoms with van der Waals surface area (Å²) < 4.78 is 1.76. The van der Waals surface area contributed by atoms with E-state index in [2.05, 4.69) is 10.4 Å². The zero-order valence-corrected chi connectivity index (χ0v) is 11.6. The first kappa shape index (κ1) is 14.5. The molecule has 1 aromatic heterocycles. The normalized spacial score (nSPS) is 16.4. The van der Waals surface area contributed by atoms with Crippen LogP contribution >= 0.6 is 0 Å². The van der Waals surface area contributed by atoms with Gasteiger partial charge in [-0.25, -0.2) is 0 Å². The SMILES string of the molecule is Cn1nccc1CNCC(=O)N1CCC(C(=O)O)CC1. The molecule has 2 rings (SSSR count). The van der Waals surface area contributed by atoms with Gasteiger partial charge in [-0.2, -0.15) is 5.10 Å². The third kappa shape index (κ3) is 3.57. The lowest BCUT2D eigenvalue weighted by molar-refractivity contribution is -0.145.